The summed E-state index contributed by atoms with van der Waals surface area (Å²) in [4.78, 5) is 0.273. The van der Waals surface area contributed by atoms with E-state index in [1.165, 1.54) is 0 Å². The van der Waals surface area contributed by atoms with Crippen LogP contribution >= 0.6 is 0 Å². The Kier molecular flexibility index (Phi) is 6.81. The van der Waals surface area contributed by atoms with Crippen LogP contribution in [0.15, 0.2) is 47.4 Å². The molecule has 2 rings (SSSR count). The molecular formula is C18H24N2O4S. The van der Waals surface area contributed by atoms with Crippen LogP contribution < -0.4 is 19.5 Å². The van der Waals surface area contributed by atoms with E-state index in [0.29, 0.717) is 19.6 Å². The van der Waals surface area contributed by atoms with Crippen molar-refractivity contribution in [1.82, 2.24) is 10.0 Å². The standard InChI is InChI=1S/C18H24N2O4S/c1-14-4-8-17(9-5-14)25(21,22)20-11-10-19-13-15-6-7-16(23-2)12-18(15)24-3/h4-9,12,19-20H,10-11,13H2,1-3H3. The minimum Gasteiger partial charge on any atom is -0.497 e. The molecule has 2 aromatic rings. The van der Waals surface area contributed by atoms with Crippen molar-refractivity contribution in [2.75, 3.05) is 27.3 Å². The average molecular weight is 364 g/mol. The number of hydrogen-bond donors (Lipinski definition) is 2. The zero-order chi connectivity index (χ0) is 18.3. The maximum atomic E-state index is 12.2. The van der Waals surface area contributed by atoms with E-state index in [1.807, 2.05) is 25.1 Å². The normalized spacial score (nSPS) is 11.3. The van der Waals surface area contributed by atoms with Crippen molar-refractivity contribution in [2.24, 2.45) is 0 Å². The van der Waals surface area contributed by atoms with E-state index in [0.717, 1.165) is 22.6 Å². The average Bonchev–Trinajstić information content (AvgIpc) is 2.61. The molecule has 2 N–H and O–H groups in total. The topological polar surface area (TPSA) is 76.7 Å². The first-order chi connectivity index (χ1) is 12.0. The fraction of sp³-hybridized carbons (Fsp3) is 0.333. The third-order valence-corrected chi connectivity index (χ3v) is 5.21. The summed E-state index contributed by atoms with van der Waals surface area (Å²) in [6, 6.07) is 12.4. The van der Waals surface area contributed by atoms with E-state index in [9.17, 15) is 8.42 Å². The van der Waals surface area contributed by atoms with Crippen molar-refractivity contribution in [3.63, 3.8) is 0 Å². The summed E-state index contributed by atoms with van der Waals surface area (Å²) in [5.74, 6) is 1.46. The van der Waals surface area contributed by atoms with E-state index in [-0.39, 0.29) is 4.90 Å². The van der Waals surface area contributed by atoms with Gasteiger partial charge in [0.1, 0.15) is 11.5 Å². The van der Waals surface area contributed by atoms with Crippen molar-refractivity contribution in [1.29, 1.82) is 0 Å². The first-order valence-electron chi connectivity index (χ1n) is 7.94. The number of methoxy groups -OCH3 is 2. The molecule has 0 spiro atoms. The van der Waals surface area contributed by atoms with Crippen LogP contribution in [0.4, 0.5) is 0 Å². The van der Waals surface area contributed by atoms with Gasteiger partial charge in [0.2, 0.25) is 10.0 Å². The van der Waals surface area contributed by atoms with Crippen LogP contribution in [0.25, 0.3) is 0 Å². The minimum absolute atomic E-state index is 0.273. The lowest BCUT2D eigenvalue weighted by Gasteiger charge is -2.12. The molecule has 0 fully saturated rings. The largest absolute Gasteiger partial charge is 0.497 e. The fourth-order valence-corrected chi connectivity index (χ4v) is 3.33. The second-order valence-electron chi connectivity index (χ2n) is 5.57. The molecule has 0 unspecified atom stereocenters. The number of sulfonamides is 1. The number of hydrogen-bond acceptors (Lipinski definition) is 5. The predicted molar refractivity (Wildman–Crippen MR) is 97.6 cm³/mol. The van der Waals surface area contributed by atoms with E-state index < -0.39 is 10.0 Å². The Balaban J connectivity index is 1.82. The maximum absolute atomic E-state index is 12.2. The zero-order valence-corrected chi connectivity index (χ0v) is 15.5. The Bertz CT molecular complexity index is 789. The van der Waals surface area contributed by atoms with Crippen molar-refractivity contribution < 1.29 is 17.9 Å². The van der Waals surface area contributed by atoms with Crippen molar-refractivity contribution in [2.45, 2.75) is 18.4 Å². The Morgan fingerprint density at radius 1 is 0.960 bits per heavy atom. The molecule has 0 saturated heterocycles. The van der Waals surface area contributed by atoms with Crippen molar-refractivity contribution >= 4 is 10.0 Å². The van der Waals surface area contributed by atoms with Crippen molar-refractivity contribution in [3.05, 3.63) is 53.6 Å². The highest BCUT2D eigenvalue weighted by Gasteiger charge is 2.12. The van der Waals surface area contributed by atoms with Gasteiger partial charge in [0.05, 0.1) is 19.1 Å². The van der Waals surface area contributed by atoms with Crippen LogP contribution in [0.3, 0.4) is 0 Å². The minimum atomic E-state index is -3.48. The smallest absolute Gasteiger partial charge is 0.240 e. The molecule has 0 aliphatic rings. The van der Waals surface area contributed by atoms with Gasteiger partial charge in [0.25, 0.3) is 0 Å². The van der Waals surface area contributed by atoms with Crippen LogP contribution in [0, 0.1) is 6.92 Å². The van der Waals surface area contributed by atoms with Gasteiger partial charge in [0, 0.05) is 31.3 Å². The van der Waals surface area contributed by atoms with Gasteiger partial charge < -0.3 is 14.8 Å². The number of ether oxygens (including phenoxy) is 2. The zero-order valence-electron chi connectivity index (χ0n) is 14.7. The second kappa shape index (κ2) is 8.84. The second-order valence-corrected chi connectivity index (χ2v) is 7.33. The highest BCUT2D eigenvalue weighted by atomic mass is 32.2. The summed E-state index contributed by atoms with van der Waals surface area (Å²) in [6.45, 7) is 3.29. The molecule has 7 heteroatoms. The number of rotatable bonds is 9. The van der Waals surface area contributed by atoms with Crippen LogP contribution in [-0.2, 0) is 16.6 Å². The molecule has 6 nitrogen and oxygen atoms in total. The van der Waals surface area contributed by atoms with Gasteiger partial charge in [-0.1, -0.05) is 23.8 Å². The van der Waals surface area contributed by atoms with Crippen LogP contribution in [0.1, 0.15) is 11.1 Å². The predicted octanol–water partition coefficient (Wildman–Crippen LogP) is 2.08. The molecule has 0 atom stereocenters. The molecule has 0 radical (unpaired) electrons. The molecule has 0 amide bonds. The number of aryl methyl sites for hydroxylation is 1. The molecule has 0 bridgehead atoms. The molecule has 0 aliphatic carbocycles. The Morgan fingerprint density at radius 3 is 2.32 bits per heavy atom. The van der Waals surface area contributed by atoms with Crippen molar-refractivity contribution in [3.8, 4) is 11.5 Å². The lowest BCUT2D eigenvalue weighted by Crippen LogP contribution is -2.31. The number of nitrogens with one attached hydrogen (secondary N) is 2. The Morgan fingerprint density at radius 2 is 1.68 bits per heavy atom. The highest BCUT2D eigenvalue weighted by molar-refractivity contribution is 7.89. The summed E-state index contributed by atoms with van der Waals surface area (Å²) >= 11 is 0. The molecule has 2 aromatic carbocycles. The Hall–Kier alpha value is -2.09. The summed E-state index contributed by atoms with van der Waals surface area (Å²) in [5.41, 5.74) is 2.00. The van der Waals surface area contributed by atoms with Gasteiger partial charge in [-0.05, 0) is 25.1 Å². The molecule has 136 valence electrons. The first kappa shape index (κ1) is 19.2. The van der Waals surface area contributed by atoms with E-state index >= 15 is 0 Å². The fourth-order valence-electron chi connectivity index (χ4n) is 2.30. The molecular weight excluding hydrogens is 340 g/mol. The highest BCUT2D eigenvalue weighted by Crippen LogP contribution is 2.24. The summed E-state index contributed by atoms with van der Waals surface area (Å²) < 4.78 is 37.4. The summed E-state index contributed by atoms with van der Waals surface area (Å²) in [5, 5.41) is 3.20. The van der Waals surface area contributed by atoms with E-state index in [1.54, 1.807) is 38.5 Å². The third kappa shape index (κ3) is 5.45. The van der Waals surface area contributed by atoms with Gasteiger partial charge >= 0.3 is 0 Å². The van der Waals surface area contributed by atoms with E-state index in [2.05, 4.69) is 10.0 Å². The molecule has 0 aliphatic heterocycles. The van der Waals surface area contributed by atoms with Gasteiger partial charge in [-0.3, -0.25) is 0 Å². The molecule has 25 heavy (non-hydrogen) atoms. The lowest BCUT2D eigenvalue weighted by molar-refractivity contribution is 0.390. The maximum Gasteiger partial charge on any atom is 0.240 e. The van der Waals surface area contributed by atoms with Gasteiger partial charge in [-0.15, -0.1) is 0 Å². The monoisotopic (exact) mass is 364 g/mol. The SMILES string of the molecule is COc1ccc(CNCCNS(=O)(=O)c2ccc(C)cc2)c(OC)c1. The van der Waals surface area contributed by atoms with Crippen LogP contribution in [-0.4, -0.2) is 35.7 Å². The van der Waals surface area contributed by atoms with Gasteiger partial charge in [0.15, 0.2) is 0 Å². The number of benzene rings is 2. The van der Waals surface area contributed by atoms with Crippen LogP contribution in [0.5, 0.6) is 11.5 Å². The van der Waals surface area contributed by atoms with Crippen LogP contribution in [0.2, 0.25) is 0 Å². The lowest BCUT2D eigenvalue weighted by atomic mass is 10.2. The summed E-state index contributed by atoms with van der Waals surface area (Å²) in [6.07, 6.45) is 0. The first-order valence-corrected chi connectivity index (χ1v) is 9.42. The third-order valence-electron chi connectivity index (χ3n) is 3.73. The summed E-state index contributed by atoms with van der Waals surface area (Å²) in [7, 11) is -0.266. The van der Waals surface area contributed by atoms with Gasteiger partial charge in [-0.2, -0.15) is 0 Å². The molecule has 0 saturated carbocycles. The quantitative estimate of drug-likeness (QED) is 0.666. The van der Waals surface area contributed by atoms with Gasteiger partial charge in [-0.25, -0.2) is 13.1 Å². The molecule has 0 heterocycles. The van der Waals surface area contributed by atoms with E-state index in [4.69, 9.17) is 9.47 Å². The Labute approximate surface area is 149 Å². The molecule has 0 aromatic heterocycles.